The average molecular weight is 465 g/mol. The van der Waals surface area contributed by atoms with Crippen molar-refractivity contribution >= 4 is 44.8 Å². The largest absolute Gasteiger partial charge is 0.465 e. The highest BCUT2D eigenvalue weighted by molar-refractivity contribution is 7.91. The van der Waals surface area contributed by atoms with Crippen molar-refractivity contribution in [3.63, 3.8) is 0 Å². The lowest BCUT2D eigenvalue weighted by atomic mass is 10.1. The molecule has 12 heteroatoms. The van der Waals surface area contributed by atoms with Crippen LogP contribution in [0.5, 0.6) is 0 Å². The van der Waals surface area contributed by atoms with Crippen LogP contribution >= 0.6 is 22.9 Å². The third-order valence-electron chi connectivity index (χ3n) is 4.36. The first-order valence-electron chi connectivity index (χ1n) is 8.26. The lowest BCUT2D eigenvalue weighted by Gasteiger charge is -2.33. The molecule has 1 aliphatic heterocycles. The Bertz CT molecular complexity index is 1070. The SMILES string of the molecule is COC(=O)c1csc(S(=O)(=O)N2CCN(C(=O)c3cc(F)c(F)cc3Cl)CC2)c1. The summed E-state index contributed by atoms with van der Waals surface area (Å²) in [5.74, 6) is -3.61. The van der Waals surface area contributed by atoms with Crippen molar-refractivity contribution in [1.82, 2.24) is 9.21 Å². The van der Waals surface area contributed by atoms with Gasteiger partial charge in [-0.25, -0.2) is 22.0 Å². The molecule has 1 aromatic carbocycles. The number of methoxy groups -OCH3 is 1. The molecule has 0 N–H and O–H groups in total. The van der Waals surface area contributed by atoms with Crippen LogP contribution in [0.25, 0.3) is 0 Å². The summed E-state index contributed by atoms with van der Waals surface area (Å²) in [6, 6.07) is 2.69. The first-order chi connectivity index (χ1) is 13.6. The standard InChI is InChI=1S/C17H15ClF2N2O5S2/c1-27-17(24)10-6-15(28-9-10)29(25,26)22-4-2-21(3-5-22)16(23)11-7-13(19)14(20)8-12(11)18/h6-9H,2-5H2,1H3. The van der Waals surface area contributed by atoms with Gasteiger partial charge in [-0.3, -0.25) is 4.79 Å². The fourth-order valence-electron chi connectivity index (χ4n) is 2.79. The summed E-state index contributed by atoms with van der Waals surface area (Å²) in [4.78, 5) is 25.4. The second kappa shape index (κ2) is 8.34. The number of benzene rings is 1. The first kappa shape index (κ1) is 21.6. The van der Waals surface area contributed by atoms with Crippen LogP contribution in [-0.2, 0) is 14.8 Å². The van der Waals surface area contributed by atoms with Gasteiger partial charge in [0.05, 0.1) is 23.3 Å². The number of sulfonamides is 1. The van der Waals surface area contributed by atoms with Gasteiger partial charge in [-0.2, -0.15) is 4.31 Å². The van der Waals surface area contributed by atoms with Crippen LogP contribution in [-0.4, -0.2) is 62.8 Å². The van der Waals surface area contributed by atoms with E-state index in [0.717, 1.165) is 23.5 Å². The van der Waals surface area contributed by atoms with E-state index in [4.69, 9.17) is 11.6 Å². The minimum atomic E-state index is -3.85. The molecule has 2 heterocycles. The van der Waals surface area contributed by atoms with Crippen molar-refractivity contribution in [3.8, 4) is 0 Å². The van der Waals surface area contributed by atoms with Crippen molar-refractivity contribution in [2.24, 2.45) is 0 Å². The van der Waals surface area contributed by atoms with Gasteiger partial charge in [-0.15, -0.1) is 11.3 Å². The maximum atomic E-state index is 13.5. The van der Waals surface area contributed by atoms with Gasteiger partial charge >= 0.3 is 5.97 Å². The molecular weight excluding hydrogens is 450 g/mol. The number of rotatable bonds is 4. The van der Waals surface area contributed by atoms with Crippen molar-refractivity contribution in [3.05, 3.63) is 51.4 Å². The lowest BCUT2D eigenvalue weighted by Crippen LogP contribution is -2.50. The Kier molecular flexibility index (Phi) is 6.22. The molecule has 1 aliphatic rings. The molecule has 0 unspecified atom stereocenters. The summed E-state index contributed by atoms with van der Waals surface area (Å²) < 4.78 is 57.9. The zero-order valence-corrected chi connectivity index (χ0v) is 17.4. The number of nitrogens with zero attached hydrogens (tertiary/aromatic N) is 2. The molecule has 0 atom stereocenters. The third-order valence-corrected chi connectivity index (χ3v) is 7.98. The molecule has 1 amide bonds. The number of ether oxygens (including phenoxy) is 1. The summed E-state index contributed by atoms with van der Waals surface area (Å²) in [6.45, 7) is 0.0902. The maximum Gasteiger partial charge on any atom is 0.338 e. The van der Waals surface area contributed by atoms with E-state index in [2.05, 4.69) is 4.74 Å². The summed E-state index contributed by atoms with van der Waals surface area (Å²) in [6.07, 6.45) is 0. The molecule has 0 radical (unpaired) electrons. The molecule has 0 bridgehead atoms. The van der Waals surface area contributed by atoms with Gasteiger partial charge in [-0.1, -0.05) is 11.6 Å². The molecule has 29 heavy (non-hydrogen) atoms. The molecule has 0 aliphatic carbocycles. The van der Waals surface area contributed by atoms with Gasteiger partial charge in [-0.05, 0) is 18.2 Å². The lowest BCUT2D eigenvalue weighted by molar-refractivity contribution is 0.0600. The van der Waals surface area contributed by atoms with Crippen LogP contribution in [0.1, 0.15) is 20.7 Å². The Balaban J connectivity index is 1.71. The fourth-order valence-corrected chi connectivity index (χ4v) is 5.75. The van der Waals surface area contributed by atoms with Crippen molar-refractivity contribution < 1.29 is 31.5 Å². The molecule has 156 valence electrons. The van der Waals surface area contributed by atoms with Crippen molar-refractivity contribution in [2.75, 3.05) is 33.3 Å². The van der Waals surface area contributed by atoms with E-state index < -0.39 is 33.5 Å². The molecule has 1 saturated heterocycles. The molecule has 1 aromatic heterocycles. The van der Waals surface area contributed by atoms with Crippen LogP contribution in [0.2, 0.25) is 5.02 Å². The number of hydrogen-bond donors (Lipinski definition) is 0. The molecule has 7 nitrogen and oxygen atoms in total. The van der Waals surface area contributed by atoms with Gasteiger partial charge < -0.3 is 9.64 Å². The Labute approximate surface area is 174 Å². The zero-order valence-electron chi connectivity index (χ0n) is 15.0. The van der Waals surface area contributed by atoms with Crippen molar-refractivity contribution in [2.45, 2.75) is 4.21 Å². The Morgan fingerprint density at radius 1 is 1.10 bits per heavy atom. The van der Waals surface area contributed by atoms with E-state index in [9.17, 15) is 26.8 Å². The summed E-state index contributed by atoms with van der Waals surface area (Å²) in [5.41, 5.74) is -0.0549. The molecule has 1 fully saturated rings. The topological polar surface area (TPSA) is 84.0 Å². The Morgan fingerprint density at radius 2 is 1.72 bits per heavy atom. The van der Waals surface area contributed by atoms with E-state index in [-0.39, 0.29) is 46.5 Å². The molecule has 0 saturated carbocycles. The van der Waals surface area contributed by atoms with E-state index in [0.29, 0.717) is 0 Å². The third kappa shape index (κ3) is 4.27. The monoisotopic (exact) mass is 464 g/mol. The highest BCUT2D eigenvalue weighted by Gasteiger charge is 2.32. The highest BCUT2D eigenvalue weighted by Crippen LogP contribution is 2.26. The first-order valence-corrected chi connectivity index (χ1v) is 11.0. The minimum Gasteiger partial charge on any atom is -0.465 e. The minimum absolute atomic E-state index is 0.000820. The second-order valence-electron chi connectivity index (χ2n) is 6.09. The van der Waals surface area contributed by atoms with Crippen LogP contribution in [0.3, 0.4) is 0 Å². The number of amides is 1. The number of hydrogen-bond acceptors (Lipinski definition) is 6. The van der Waals surface area contributed by atoms with E-state index >= 15 is 0 Å². The predicted octanol–water partition coefficient (Wildman–Crippen LogP) is 2.61. The van der Waals surface area contributed by atoms with Gasteiger partial charge in [0.1, 0.15) is 4.21 Å². The quantitative estimate of drug-likeness (QED) is 0.513. The molecule has 2 aromatic rings. The van der Waals surface area contributed by atoms with Crippen molar-refractivity contribution in [1.29, 1.82) is 0 Å². The summed E-state index contributed by atoms with van der Waals surface area (Å²) in [7, 11) is -2.65. The maximum absolute atomic E-state index is 13.5. The van der Waals surface area contributed by atoms with Crippen LogP contribution in [0, 0.1) is 11.6 Å². The Morgan fingerprint density at radius 3 is 2.34 bits per heavy atom. The highest BCUT2D eigenvalue weighted by atomic mass is 35.5. The molecular formula is C17H15ClF2N2O5S2. The van der Waals surface area contributed by atoms with Crippen LogP contribution in [0.15, 0.2) is 27.8 Å². The number of piperazine rings is 1. The number of esters is 1. The van der Waals surface area contributed by atoms with E-state index in [1.165, 1.54) is 27.8 Å². The van der Waals surface area contributed by atoms with Gasteiger partial charge in [0.2, 0.25) is 0 Å². The Hall–Kier alpha value is -2.08. The van der Waals surface area contributed by atoms with Crippen LogP contribution in [0.4, 0.5) is 8.78 Å². The fraction of sp³-hybridized carbons (Fsp3) is 0.294. The van der Waals surface area contributed by atoms with E-state index in [1.54, 1.807) is 0 Å². The predicted molar refractivity (Wildman–Crippen MR) is 102 cm³/mol. The van der Waals surface area contributed by atoms with Gasteiger partial charge in [0.25, 0.3) is 15.9 Å². The van der Waals surface area contributed by atoms with E-state index in [1.807, 2.05) is 0 Å². The number of thiophene rings is 1. The smallest absolute Gasteiger partial charge is 0.338 e. The normalized spacial score (nSPS) is 15.4. The summed E-state index contributed by atoms with van der Waals surface area (Å²) >= 11 is 6.74. The van der Waals surface area contributed by atoms with Gasteiger partial charge in [0.15, 0.2) is 11.6 Å². The second-order valence-corrected chi connectivity index (χ2v) is 9.57. The van der Waals surface area contributed by atoms with Crippen LogP contribution < -0.4 is 0 Å². The average Bonchev–Trinajstić information content (AvgIpc) is 3.21. The molecule has 0 spiro atoms. The number of carbonyl (C=O) groups is 2. The number of halogens is 3. The number of carbonyl (C=O) groups excluding carboxylic acids is 2. The van der Waals surface area contributed by atoms with Gasteiger partial charge in [0, 0.05) is 31.6 Å². The zero-order chi connectivity index (χ0) is 21.3. The summed E-state index contributed by atoms with van der Waals surface area (Å²) in [5, 5.41) is 1.17. The molecule has 3 rings (SSSR count).